The van der Waals surface area contributed by atoms with Crippen LogP contribution < -0.4 is 9.62 Å². The van der Waals surface area contributed by atoms with Gasteiger partial charge in [-0.05, 0) is 51.0 Å². The van der Waals surface area contributed by atoms with E-state index in [-0.39, 0.29) is 34.6 Å². The molecule has 0 aliphatic heterocycles. The number of halogens is 2. The van der Waals surface area contributed by atoms with Crippen LogP contribution in [0, 0.1) is 6.92 Å². The Morgan fingerprint density at radius 3 is 2.15 bits per heavy atom. The number of sulfonamides is 1. The predicted molar refractivity (Wildman–Crippen MR) is 162 cm³/mol. The average molecular weight is 605 g/mol. The molecular formula is C30H35Cl2N3O4S. The summed E-state index contributed by atoms with van der Waals surface area (Å²) in [6, 6.07) is 20.7. The van der Waals surface area contributed by atoms with Crippen LogP contribution in [0.25, 0.3) is 0 Å². The number of benzene rings is 3. The van der Waals surface area contributed by atoms with E-state index in [4.69, 9.17) is 23.2 Å². The Hall–Kier alpha value is -3.07. The van der Waals surface area contributed by atoms with Gasteiger partial charge in [0, 0.05) is 18.5 Å². The van der Waals surface area contributed by atoms with E-state index < -0.39 is 34.1 Å². The molecule has 1 N–H and O–H groups in total. The summed E-state index contributed by atoms with van der Waals surface area (Å²) in [5, 5.41) is 3.17. The highest BCUT2D eigenvalue weighted by Gasteiger charge is 2.34. The largest absolute Gasteiger partial charge is 0.350 e. The van der Waals surface area contributed by atoms with E-state index in [9.17, 15) is 18.0 Å². The van der Waals surface area contributed by atoms with Crippen molar-refractivity contribution in [2.24, 2.45) is 0 Å². The number of nitrogens with one attached hydrogen (secondary N) is 1. The second kappa shape index (κ2) is 13.1. The number of aryl methyl sites for hydroxylation is 1. The third-order valence-corrected chi connectivity index (χ3v) is 8.02. The van der Waals surface area contributed by atoms with Crippen LogP contribution >= 0.6 is 23.2 Å². The first-order valence-corrected chi connectivity index (χ1v) is 15.4. The van der Waals surface area contributed by atoms with Crippen LogP contribution in [-0.2, 0) is 32.6 Å². The molecule has 7 nitrogen and oxygen atoms in total. The zero-order chi connectivity index (χ0) is 29.7. The first-order valence-electron chi connectivity index (χ1n) is 12.8. The molecule has 3 rings (SSSR count). The molecule has 3 aromatic carbocycles. The number of rotatable bonds is 10. The zero-order valence-corrected chi connectivity index (χ0v) is 25.6. The van der Waals surface area contributed by atoms with Gasteiger partial charge < -0.3 is 10.2 Å². The molecule has 0 aromatic heterocycles. The molecule has 0 unspecified atom stereocenters. The van der Waals surface area contributed by atoms with Crippen molar-refractivity contribution in [3.05, 3.63) is 99.5 Å². The molecule has 0 radical (unpaired) electrons. The molecule has 0 bridgehead atoms. The fraction of sp³-hybridized carbons (Fsp3) is 0.333. The smallest absolute Gasteiger partial charge is 0.244 e. The molecule has 214 valence electrons. The number of hydrogen-bond acceptors (Lipinski definition) is 4. The average Bonchev–Trinajstić information content (AvgIpc) is 2.85. The molecule has 1 atom stereocenters. The van der Waals surface area contributed by atoms with Crippen molar-refractivity contribution in [1.29, 1.82) is 0 Å². The Labute approximate surface area is 247 Å². The number of carbonyl (C=O) groups is 2. The Balaban J connectivity index is 2.10. The molecule has 40 heavy (non-hydrogen) atoms. The normalized spacial score (nSPS) is 12.5. The Morgan fingerprint density at radius 2 is 1.55 bits per heavy atom. The molecular weight excluding hydrogens is 569 g/mol. The number of anilines is 1. The minimum Gasteiger partial charge on any atom is -0.350 e. The van der Waals surface area contributed by atoms with Crippen LogP contribution in [0.2, 0.25) is 10.0 Å². The molecule has 0 saturated heterocycles. The van der Waals surface area contributed by atoms with Crippen molar-refractivity contribution < 1.29 is 18.0 Å². The first kappa shape index (κ1) is 31.5. The number of carbonyl (C=O) groups excluding carboxylic acids is 2. The van der Waals surface area contributed by atoms with E-state index >= 15 is 0 Å². The summed E-state index contributed by atoms with van der Waals surface area (Å²) in [6.07, 6.45) is 1.23. The Kier molecular flexibility index (Phi) is 10.3. The van der Waals surface area contributed by atoms with Gasteiger partial charge in [0.15, 0.2) is 0 Å². The fourth-order valence-corrected chi connectivity index (χ4v) is 5.60. The van der Waals surface area contributed by atoms with Gasteiger partial charge in [-0.3, -0.25) is 13.9 Å². The van der Waals surface area contributed by atoms with Gasteiger partial charge in [-0.1, -0.05) is 89.4 Å². The summed E-state index contributed by atoms with van der Waals surface area (Å²) in [7, 11) is -3.96. The van der Waals surface area contributed by atoms with Crippen LogP contribution in [0.3, 0.4) is 0 Å². The van der Waals surface area contributed by atoms with Crippen molar-refractivity contribution in [3.8, 4) is 0 Å². The van der Waals surface area contributed by atoms with Crippen LogP contribution in [0.15, 0.2) is 72.8 Å². The van der Waals surface area contributed by atoms with Crippen LogP contribution in [0.1, 0.15) is 37.5 Å². The highest BCUT2D eigenvalue weighted by molar-refractivity contribution is 7.92. The topological polar surface area (TPSA) is 86.8 Å². The maximum atomic E-state index is 14.1. The monoisotopic (exact) mass is 603 g/mol. The van der Waals surface area contributed by atoms with E-state index in [0.717, 1.165) is 27.3 Å². The van der Waals surface area contributed by atoms with Crippen molar-refractivity contribution in [2.75, 3.05) is 17.1 Å². The van der Waals surface area contributed by atoms with Crippen molar-refractivity contribution in [1.82, 2.24) is 10.2 Å². The van der Waals surface area contributed by atoms with Gasteiger partial charge in [0.25, 0.3) is 0 Å². The number of nitrogens with zero attached hydrogens (tertiary/aromatic N) is 2. The van der Waals surface area contributed by atoms with E-state index in [1.54, 1.807) is 6.07 Å². The lowest BCUT2D eigenvalue weighted by Gasteiger charge is -2.35. The second-order valence-electron chi connectivity index (χ2n) is 10.8. The van der Waals surface area contributed by atoms with Gasteiger partial charge >= 0.3 is 0 Å². The van der Waals surface area contributed by atoms with Crippen LogP contribution in [0.4, 0.5) is 5.69 Å². The predicted octanol–water partition coefficient (Wildman–Crippen LogP) is 5.62. The number of hydrogen-bond donors (Lipinski definition) is 1. The summed E-state index contributed by atoms with van der Waals surface area (Å²) in [4.78, 5) is 29.3. The Bertz CT molecular complexity index is 1460. The molecule has 0 fully saturated rings. The van der Waals surface area contributed by atoms with Crippen LogP contribution in [0.5, 0.6) is 0 Å². The zero-order valence-electron chi connectivity index (χ0n) is 23.3. The molecule has 0 spiro atoms. The molecule has 0 heterocycles. The summed E-state index contributed by atoms with van der Waals surface area (Å²) in [6.45, 7) is 7.06. The Morgan fingerprint density at radius 1 is 0.925 bits per heavy atom. The first-order chi connectivity index (χ1) is 18.7. The third-order valence-electron chi connectivity index (χ3n) is 6.08. The van der Waals surface area contributed by atoms with Gasteiger partial charge in [0.1, 0.15) is 12.6 Å². The van der Waals surface area contributed by atoms with Crippen molar-refractivity contribution in [3.63, 3.8) is 0 Å². The van der Waals surface area contributed by atoms with Gasteiger partial charge in [-0.2, -0.15) is 0 Å². The summed E-state index contributed by atoms with van der Waals surface area (Å²) >= 11 is 12.5. The van der Waals surface area contributed by atoms with Gasteiger partial charge in [-0.25, -0.2) is 8.42 Å². The van der Waals surface area contributed by atoms with Gasteiger partial charge in [0.2, 0.25) is 21.8 Å². The lowest BCUT2D eigenvalue weighted by Crippen LogP contribution is -2.56. The standard InChI is InChI=1S/C30H35Cl2N3O4S/c1-21-11-9-14-23(17-21)19-34(26(29(37)33-30(2,3)4)18-22-12-7-6-8-13-22)27(36)20-35(40(5,38)39)25-16-10-15-24(31)28(25)32/h6-17,26H,18-20H2,1-5H3,(H,33,37)/t26-/m1/s1. The van der Waals surface area contributed by atoms with Gasteiger partial charge in [-0.15, -0.1) is 0 Å². The highest BCUT2D eigenvalue weighted by atomic mass is 35.5. The lowest BCUT2D eigenvalue weighted by molar-refractivity contribution is -0.140. The van der Waals surface area contributed by atoms with Gasteiger partial charge in [0.05, 0.1) is 22.0 Å². The summed E-state index contributed by atoms with van der Waals surface area (Å²) < 4.78 is 26.8. The minimum atomic E-state index is -3.96. The van der Waals surface area contributed by atoms with Crippen molar-refractivity contribution >= 4 is 50.7 Å². The van der Waals surface area contributed by atoms with Crippen LogP contribution in [-0.4, -0.2) is 49.5 Å². The van der Waals surface area contributed by atoms with Crippen molar-refractivity contribution in [2.45, 2.75) is 52.2 Å². The maximum absolute atomic E-state index is 14.1. The molecule has 2 amide bonds. The second-order valence-corrected chi connectivity index (χ2v) is 13.5. The minimum absolute atomic E-state index is 0.0129. The lowest BCUT2D eigenvalue weighted by atomic mass is 10.0. The molecule has 0 aliphatic rings. The molecule has 3 aromatic rings. The SMILES string of the molecule is Cc1cccc(CN(C(=O)CN(c2cccc(Cl)c2Cl)S(C)(=O)=O)[C@H](Cc2ccccc2)C(=O)NC(C)(C)C)c1. The quantitative estimate of drug-likeness (QED) is 0.326. The molecule has 10 heteroatoms. The number of amides is 2. The molecule has 0 aliphatic carbocycles. The van der Waals surface area contributed by atoms with E-state index in [2.05, 4.69) is 5.32 Å². The third kappa shape index (κ3) is 8.71. The molecule has 0 saturated carbocycles. The summed E-state index contributed by atoms with van der Waals surface area (Å²) in [5.41, 5.74) is 2.18. The fourth-order valence-electron chi connectivity index (χ4n) is 4.29. The van der Waals surface area contributed by atoms with E-state index in [1.165, 1.54) is 17.0 Å². The summed E-state index contributed by atoms with van der Waals surface area (Å²) in [5.74, 6) is -0.906. The maximum Gasteiger partial charge on any atom is 0.244 e. The van der Waals surface area contributed by atoms with E-state index in [0.29, 0.717) is 0 Å². The highest BCUT2D eigenvalue weighted by Crippen LogP contribution is 2.34. The van der Waals surface area contributed by atoms with E-state index in [1.807, 2.05) is 82.3 Å².